The highest BCUT2D eigenvalue weighted by Gasteiger charge is 2.61. The van der Waals surface area contributed by atoms with E-state index in [-0.39, 0.29) is 11.3 Å². The predicted molar refractivity (Wildman–Crippen MR) is 95.1 cm³/mol. The summed E-state index contributed by atoms with van der Waals surface area (Å²) in [6.07, 6.45) is 13.4. The second kappa shape index (κ2) is 5.11. The minimum absolute atomic E-state index is 0.0328. The normalized spacial score (nSPS) is 48.2. The zero-order valence-electron chi connectivity index (χ0n) is 15.4. The van der Waals surface area contributed by atoms with Crippen molar-refractivity contribution in [3.8, 4) is 0 Å². The molecule has 0 aromatic carbocycles. The molecule has 1 aliphatic heterocycles. The number of rotatable bonds is 1. The summed E-state index contributed by atoms with van der Waals surface area (Å²) in [5, 5.41) is 9.73. The summed E-state index contributed by atoms with van der Waals surface area (Å²) in [6.45, 7) is 4.83. The lowest BCUT2D eigenvalue weighted by molar-refractivity contribution is -0.151. The summed E-state index contributed by atoms with van der Waals surface area (Å²) in [4.78, 5) is 16.4. The molecule has 0 spiro atoms. The fraction of sp³-hybridized carbons (Fsp3) is 0.810. The van der Waals surface area contributed by atoms with Crippen LogP contribution in [0.3, 0.4) is 0 Å². The molecule has 0 radical (unpaired) electrons. The van der Waals surface area contributed by atoms with Crippen LogP contribution in [0, 0.1) is 34.5 Å². The molecule has 3 aliphatic carbocycles. The molecule has 1 aromatic heterocycles. The fourth-order valence-electron chi connectivity index (χ4n) is 7.85. The maximum absolute atomic E-state index is 11.8. The lowest BCUT2D eigenvalue weighted by Gasteiger charge is -2.60. The Kier molecular flexibility index (Phi) is 3.25. The topological polar surface area (TPSA) is 55.1 Å². The van der Waals surface area contributed by atoms with Crippen LogP contribution in [0.15, 0.2) is 12.4 Å². The summed E-state index contributed by atoms with van der Waals surface area (Å²) in [5.41, 5.74) is 0.393. The van der Waals surface area contributed by atoms with Crippen LogP contribution in [-0.2, 0) is 11.2 Å². The van der Waals surface area contributed by atoms with Crippen molar-refractivity contribution >= 4 is 5.97 Å². The largest absolute Gasteiger partial charge is 0.481 e. The summed E-state index contributed by atoms with van der Waals surface area (Å²) in [7, 11) is 0. The third-order valence-electron chi connectivity index (χ3n) is 9.09. The maximum atomic E-state index is 11.8. The number of hydrogen-bond donors (Lipinski definition) is 1. The van der Waals surface area contributed by atoms with Gasteiger partial charge in [0, 0.05) is 24.9 Å². The van der Waals surface area contributed by atoms with Crippen LogP contribution in [-0.4, -0.2) is 20.6 Å². The minimum atomic E-state index is -0.552. The zero-order chi connectivity index (χ0) is 17.4. The van der Waals surface area contributed by atoms with E-state index in [2.05, 4.69) is 29.6 Å². The number of hydrogen-bond acceptors (Lipinski definition) is 2. The summed E-state index contributed by atoms with van der Waals surface area (Å²) in [5.74, 6) is 2.71. The molecule has 4 nitrogen and oxygen atoms in total. The van der Waals surface area contributed by atoms with E-state index < -0.39 is 5.97 Å². The molecular formula is C21H30N2O2. The van der Waals surface area contributed by atoms with Gasteiger partial charge >= 0.3 is 5.97 Å². The summed E-state index contributed by atoms with van der Waals surface area (Å²) in [6, 6.07) is 0.598. The summed E-state index contributed by atoms with van der Waals surface area (Å²) >= 11 is 0. The van der Waals surface area contributed by atoms with Gasteiger partial charge in [-0.3, -0.25) is 4.79 Å². The quantitative estimate of drug-likeness (QED) is 0.827. The molecule has 2 heterocycles. The van der Waals surface area contributed by atoms with Crippen molar-refractivity contribution in [2.75, 3.05) is 0 Å². The average Bonchev–Trinajstić information content (AvgIpc) is 3.17. The third-order valence-corrected chi connectivity index (χ3v) is 9.09. The van der Waals surface area contributed by atoms with Crippen LogP contribution in [0.4, 0.5) is 0 Å². The number of aliphatic carboxylic acids is 1. The molecular weight excluding hydrogens is 312 g/mol. The molecule has 4 aliphatic rings. The molecule has 3 saturated carbocycles. The number of imidazole rings is 1. The molecule has 0 amide bonds. The first-order valence-corrected chi connectivity index (χ1v) is 10.2. The van der Waals surface area contributed by atoms with Gasteiger partial charge in [0.25, 0.3) is 0 Å². The SMILES string of the molecule is C[C@]12CCc3nccn3C1CCC1C2CC[C@@]2(C)C1CC[C@@H]2C(=O)O. The van der Waals surface area contributed by atoms with Gasteiger partial charge in [0.15, 0.2) is 0 Å². The van der Waals surface area contributed by atoms with Gasteiger partial charge in [0.05, 0.1) is 5.92 Å². The standard InChI is InChI=1S/C21H30N2O2/c1-20-9-7-15-13(14(20)4-5-16(20)19(24)25)3-6-17-21(15,2)10-8-18-22-11-12-23(17)18/h11-17H,3-10H2,1-2H3,(H,24,25)/t13?,14?,15?,16-,17?,20+,21-/m1/s1. The number of aryl methyl sites for hydroxylation is 1. The molecule has 136 valence electrons. The highest BCUT2D eigenvalue weighted by atomic mass is 16.4. The lowest BCUT2D eigenvalue weighted by atomic mass is 9.47. The molecule has 0 bridgehead atoms. The van der Waals surface area contributed by atoms with Gasteiger partial charge < -0.3 is 9.67 Å². The van der Waals surface area contributed by atoms with Crippen LogP contribution in [0.1, 0.15) is 70.7 Å². The van der Waals surface area contributed by atoms with Crippen LogP contribution in [0.25, 0.3) is 0 Å². The smallest absolute Gasteiger partial charge is 0.307 e. The van der Waals surface area contributed by atoms with E-state index in [4.69, 9.17) is 0 Å². The van der Waals surface area contributed by atoms with Gasteiger partial charge in [-0.15, -0.1) is 0 Å². The Morgan fingerprint density at radius 1 is 1.12 bits per heavy atom. The van der Waals surface area contributed by atoms with Gasteiger partial charge in [-0.25, -0.2) is 4.98 Å². The van der Waals surface area contributed by atoms with Gasteiger partial charge in [-0.1, -0.05) is 13.8 Å². The first kappa shape index (κ1) is 15.9. The van der Waals surface area contributed by atoms with Crippen molar-refractivity contribution in [1.29, 1.82) is 0 Å². The Morgan fingerprint density at radius 3 is 2.72 bits per heavy atom. The average molecular weight is 342 g/mol. The molecule has 1 N–H and O–H groups in total. The molecule has 25 heavy (non-hydrogen) atoms. The van der Waals surface area contributed by atoms with E-state index in [0.717, 1.165) is 37.5 Å². The fourth-order valence-corrected chi connectivity index (χ4v) is 7.85. The van der Waals surface area contributed by atoms with Crippen LogP contribution in [0.5, 0.6) is 0 Å². The van der Waals surface area contributed by atoms with Crippen LogP contribution < -0.4 is 0 Å². The molecule has 5 rings (SSSR count). The summed E-state index contributed by atoms with van der Waals surface area (Å²) < 4.78 is 2.47. The number of fused-ring (bicyclic) bond motifs is 7. The molecule has 7 atom stereocenters. The lowest BCUT2D eigenvalue weighted by Crippen LogP contribution is -2.54. The van der Waals surface area contributed by atoms with E-state index in [1.807, 2.05) is 6.20 Å². The van der Waals surface area contributed by atoms with E-state index >= 15 is 0 Å². The number of nitrogens with zero attached hydrogens (tertiary/aromatic N) is 2. The molecule has 0 saturated heterocycles. The number of carbonyl (C=O) groups is 1. The van der Waals surface area contributed by atoms with E-state index in [0.29, 0.717) is 17.4 Å². The van der Waals surface area contributed by atoms with Crippen molar-refractivity contribution in [3.05, 3.63) is 18.2 Å². The van der Waals surface area contributed by atoms with Crippen molar-refractivity contribution in [1.82, 2.24) is 9.55 Å². The molecule has 4 heteroatoms. The minimum Gasteiger partial charge on any atom is -0.481 e. The van der Waals surface area contributed by atoms with Crippen molar-refractivity contribution in [2.24, 2.45) is 34.5 Å². The van der Waals surface area contributed by atoms with E-state index in [1.165, 1.54) is 31.5 Å². The van der Waals surface area contributed by atoms with Gasteiger partial charge in [0.1, 0.15) is 5.82 Å². The predicted octanol–water partition coefficient (Wildman–Crippen LogP) is 4.31. The first-order chi connectivity index (χ1) is 11.9. The third kappa shape index (κ3) is 1.94. The van der Waals surface area contributed by atoms with Gasteiger partial charge in [-0.2, -0.15) is 0 Å². The zero-order valence-corrected chi connectivity index (χ0v) is 15.4. The number of carboxylic acid groups (broad SMARTS) is 1. The highest BCUT2D eigenvalue weighted by Crippen LogP contribution is 2.67. The second-order valence-corrected chi connectivity index (χ2v) is 9.74. The van der Waals surface area contributed by atoms with Crippen LogP contribution >= 0.6 is 0 Å². The Morgan fingerprint density at radius 2 is 1.92 bits per heavy atom. The number of carboxylic acids is 1. The highest BCUT2D eigenvalue weighted by molar-refractivity contribution is 5.71. The van der Waals surface area contributed by atoms with Crippen LogP contribution in [0.2, 0.25) is 0 Å². The van der Waals surface area contributed by atoms with Crippen molar-refractivity contribution in [2.45, 2.75) is 71.3 Å². The van der Waals surface area contributed by atoms with Gasteiger partial charge in [0.2, 0.25) is 0 Å². The molecule has 1 aromatic rings. The second-order valence-electron chi connectivity index (χ2n) is 9.74. The first-order valence-electron chi connectivity index (χ1n) is 10.2. The Balaban J connectivity index is 1.49. The van der Waals surface area contributed by atoms with E-state index in [1.54, 1.807) is 0 Å². The van der Waals surface area contributed by atoms with Crippen molar-refractivity contribution < 1.29 is 9.90 Å². The Hall–Kier alpha value is -1.32. The number of aromatic nitrogens is 2. The molecule has 3 fully saturated rings. The maximum Gasteiger partial charge on any atom is 0.307 e. The Bertz CT molecular complexity index is 713. The Labute approximate surface area is 150 Å². The van der Waals surface area contributed by atoms with E-state index in [9.17, 15) is 9.90 Å². The monoisotopic (exact) mass is 342 g/mol. The molecule has 4 unspecified atom stereocenters. The van der Waals surface area contributed by atoms with Crippen molar-refractivity contribution in [3.63, 3.8) is 0 Å². The van der Waals surface area contributed by atoms with Gasteiger partial charge in [-0.05, 0) is 73.5 Å².